The third-order valence-electron chi connectivity index (χ3n) is 5.75. The maximum absolute atomic E-state index is 13.5. The molecule has 1 aliphatic rings. The summed E-state index contributed by atoms with van der Waals surface area (Å²) < 4.78 is 1.57. The van der Waals surface area contributed by atoms with Gasteiger partial charge in [0.2, 0.25) is 11.9 Å². The second kappa shape index (κ2) is 9.52. The van der Waals surface area contributed by atoms with Crippen molar-refractivity contribution in [3.63, 3.8) is 0 Å². The number of hydrogen-bond acceptors (Lipinski definition) is 9. The van der Waals surface area contributed by atoms with E-state index in [1.54, 1.807) is 22.8 Å². The largest absolute Gasteiger partial charge is 0.382 e. The van der Waals surface area contributed by atoms with E-state index >= 15 is 0 Å². The first kappa shape index (κ1) is 23.3. The van der Waals surface area contributed by atoms with Crippen molar-refractivity contribution in [2.45, 2.75) is 44.7 Å². The molecule has 1 atom stereocenters. The average Bonchev–Trinajstić information content (AvgIpc) is 3.61. The number of halogens is 1. The maximum Gasteiger partial charge on any atom is 0.262 e. The first-order valence-electron chi connectivity index (χ1n) is 10.9. The number of benzene rings is 1. The number of nitrogens with zero attached hydrogens (tertiary/aromatic N) is 5. The van der Waals surface area contributed by atoms with E-state index in [4.69, 9.17) is 33.8 Å². The predicted molar refractivity (Wildman–Crippen MR) is 129 cm³/mol. The summed E-state index contributed by atoms with van der Waals surface area (Å²) in [6.45, 7) is 0.319. The van der Waals surface area contributed by atoms with Crippen LogP contribution in [0, 0.1) is 17.2 Å². The molecule has 1 aliphatic carbocycles. The zero-order valence-electron chi connectivity index (χ0n) is 18.3. The van der Waals surface area contributed by atoms with Crippen LogP contribution >= 0.6 is 11.6 Å². The molecule has 3 aromatic rings. The number of carbonyl (C=O) groups excluding carboxylic acids is 1. The number of hydrogen-bond donors (Lipinski definition) is 4. The molecular formula is C22H24ClN9O2. The molecule has 0 radical (unpaired) electrons. The Bertz CT molecular complexity index is 1360. The number of nitrogens with one attached hydrogen (secondary N) is 1. The van der Waals surface area contributed by atoms with Gasteiger partial charge in [0.15, 0.2) is 5.82 Å². The fourth-order valence-corrected chi connectivity index (χ4v) is 4.19. The van der Waals surface area contributed by atoms with Gasteiger partial charge in [0.25, 0.3) is 5.56 Å². The van der Waals surface area contributed by atoms with Crippen molar-refractivity contribution in [1.82, 2.24) is 19.5 Å². The lowest BCUT2D eigenvalue weighted by molar-refractivity contribution is -0.118. The molecule has 2 aromatic heterocycles. The van der Waals surface area contributed by atoms with Gasteiger partial charge in [-0.1, -0.05) is 17.7 Å². The Kier molecular flexibility index (Phi) is 6.51. The van der Waals surface area contributed by atoms with Gasteiger partial charge in [0, 0.05) is 13.0 Å². The number of carbonyl (C=O) groups is 1. The molecule has 176 valence electrons. The number of amides is 1. The van der Waals surface area contributed by atoms with E-state index in [2.05, 4.69) is 15.3 Å². The van der Waals surface area contributed by atoms with Crippen molar-refractivity contribution >= 4 is 46.0 Å². The lowest BCUT2D eigenvalue weighted by Crippen LogP contribution is -2.31. The Hall–Kier alpha value is -3.91. The topological polar surface area (TPSA) is 192 Å². The van der Waals surface area contributed by atoms with E-state index in [1.165, 1.54) is 0 Å². The molecule has 1 amide bonds. The number of fused-ring (bicyclic) bond motifs is 1. The Balaban J connectivity index is 1.82. The molecule has 0 bridgehead atoms. The lowest BCUT2D eigenvalue weighted by Gasteiger charge is -2.24. The smallest absolute Gasteiger partial charge is 0.262 e. The second-order valence-electron chi connectivity index (χ2n) is 8.25. The van der Waals surface area contributed by atoms with Gasteiger partial charge in [-0.2, -0.15) is 15.2 Å². The Morgan fingerprint density at radius 2 is 2.03 bits per heavy atom. The summed E-state index contributed by atoms with van der Waals surface area (Å²) in [6, 6.07) is 6.68. The van der Waals surface area contributed by atoms with Crippen molar-refractivity contribution in [3.05, 3.63) is 45.0 Å². The van der Waals surface area contributed by atoms with Gasteiger partial charge in [-0.3, -0.25) is 14.2 Å². The number of nitrogen functional groups attached to an aromatic ring is 2. The minimum atomic E-state index is -0.437. The van der Waals surface area contributed by atoms with Crippen LogP contribution in [-0.2, 0) is 11.3 Å². The molecule has 0 spiro atoms. The SMILES string of the molecule is N#Cc1c(N)nc(N)nc1NC(c1nc2cccc(Cl)c2c(=O)n1CCCCC(N)=O)C1CC1. The van der Waals surface area contributed by atoms with Crippen molar-refractivity contribution in [2.24, 2.45) is 11.7 Å². The average molecular weight is 482 g/mol. The predicted octanol–water partition coefficient (Wildman–Crippen LogP) is 2.09. The van der Waals surface area contributed by atoms with Gasteiger partial charge in [-0.15, -0.1) is 0 Å². The zero-order valence-corrected chi connectivity index (χ0v) is 19.0. The normalized spacial score (nSPS) is 14.0. The fourth-order valence-electron chi connectivity index (χ4n) is 3.94. The minimum Gasteiger partial charge on any atom is -0.382 e. The van der Waals surface area contributed by atoms with E-state index in [0.717, 1.165) is 12.8 Å². The van der Waals surface area contributed by atoms with Crippen LogP contribution in [0.3, 0.4) is 0 Å². The van der Waals surface area contributed by atoms with Crippen LogP contribution in [0.1, 0.15) is 49.5 Å². The Morgan fingerprint density at radius 1 is 1.26 bits per heavy atom. The highest BCUT2D eigenvalue weighted by atomic mass is 35.5. The molecule has 34 heavy (non-hydrogen) atoms. The number of rotatable bonds is 9. The first-order valence-corrected chi connectivity index (χ1v) is 11.2. The summed E-state index contributed by atoms with van der Waals surface area (Å²) in [5, 5.41) is 13.5. The number of nitrogens with two attached hydrogens (primary N) is 3. The van der Waals surface area contributed by atoms with Crippen molar-refractivity contribution in [3.8, 4) is 6.07 Å². The van der Waals surface area contributed by atoms with Gasteiger partial charge < -0.3 is 22.5 Å². The molecule has 4 rings (SSSR count). The van der Waals surface area contributed by atoms with Crippen LogP contribution in [0.2, 0.25) is 5.02 Å². The molecule has 1 unspecified atom stereocenters. The van der Waals surface area contributed by atoms with Crippen molar-refractivity contribution in [1.29, 1.82) is 5.26 Å². The van der Waals surface area contributed by atoms with E-state index in [9.17, 15) is 14.9 Å². The number of primary amides is 1. The maximum atomic E-state index is 13.5. The van der Waals surface area contributed by atoms with Crippen LogP contribution in [0.4, 0.5) is 17.6 Å². The summed E-state index contributed by atoms with van der Waals surface area (Å²) in [5.74, 6) is 0.327. The zero-order chi connectivity index (χ0) is 24.4. The highest BCUT2D eigenvalue weighted by molar-refractivity contribution is 6.35. The number of aromatic nitrogens is 4. The Labute approximate surface area is 199 Å². The molecule has 2 heterocycles. The van der Waals surface area contributed by atoms with E-state index in [0.29, 0.717) is 41.1 Å². The van der Waals surface area contributed by atoms with Crippen LogP contribution in [0.25, 0.3) is 10.9 Å². The van der Waals surface area contributed by atoms with Crippen molar-refractivity contribution in [2.75, 3.05) is 16.8 Å². The molecule has 7 N–H and O–H groups in total. The van der Waals surface area contributed by atoms with Gasteiger partial charge >= 0.3 is 0 Å². The molecule has 1 saturated carbocycles. The summed E-state index contributed by atoms with van der Waals surface area (Å²) in [7, 11) is 0. The summed E-state index contributed by atoms with van der Waals surface area (Å²) in [4.78, 5) is 37.5. The molecule has 0 saturated heterocycles. The molecule has 12 heteroatoms. The highest BCUT2D eigenvalue weighted by Crippen LogP contribution is 2.43. The fraction of sp³-hybridized carbons (Fsp3) is 0.364. The molecule has 1 fully saturated rings. The quantitative estimate of drug-likeness (QED) is 0.331. The minimum absolute atomic E-state index is 0.0332. The van der Waals surface area contributed by atoms with E-state index < -0.39 is 11.9 Å². The Morgan fingerprint density at radius 3 is 2.71 bits per heavy atom. The summed E-state index contributed by atoms with van der Waals surface area (Å²) in [6.07, 6.45) is 3.10. The third kappa shape index (κ3) is 4.72. The van der Waals surface area contributed by atoms with Gasteiger partial charge in [0.1, 0.15) is 23.3 Å². The van der Waals surface area contributed by atoms with E-state index in [-0.39, 0.29) is 41.0 Å². The number of unbranched alkanes of at least 4 members (excludes halogenated alkanes) is 1. The standard InChI is InChI=1S/C22H24ClN9O2/c23-13-4-3-5-14-16(13)21(34)32(9-2-1-6-15(25)33)20(28-14)17(11-7-8-11)29-19-12(10-24)18(26)30-22(27)31-19/h3-5,11,17H,1-2,6-9H2,(H2,25,33)(H5,26,27,29,30,31). The number of nitriles is 1. The monoisotopic (exact) mass is 481 g/mol. The molecule has 0 aliphatic heterocycles. The van der Waals surface area contributed by atoms with E-state index in [1.807, 2.05) is 6.07 Å². The second-order valence-corrected chi connectivity index (χ2v) is 8.65. The summed E-state index contributed by atoms with van der Waals surface area (Å²) >= 11 is 6.34. The van der Waals surface area contributed by atoms with Crippen LogP contribution in [-0.4, -0.2) is 25.4 Å². The van der Waals surface area contributed by atoms with Crippen LogP contribution < -0.4 is 28.1 Å². The first-order chi connectivity index (χ1) is 16.3. The third-order valence-corrected chi connectivity index (χ3v) is 6.06. The highest BCUT2D eigenvalue weighted by Gasteiger charge is 2.36. The lowest BCUT2D eigenvalue weighted by atomic mass is 10.1. The summed E-state index contributed by atoms with van der Waals surface area (Å²) in [5.41, 5.74) is 17.1. The molecule has 11 nitrogen and oxygen atoms in total. The number of anilines is 3. The van der Waals surface area contributed by atoms with Crippen LogP contribution in [0.5, 0.6) is 0 Å². The van der Waals surface area contributed by atoms with Gasteiger partial charge in [0.05, 0.1) is 22.0 Å². The van der Waals surface area contributed by atoms with Crippen molar-refractivity contribution < 1.29 is 4.79 Å². The van der Waals surface area contributed by atoms with Crippen LogP contribution in [0.15, 0.2) is 23.0 Å². The molecular weight excluding hydrogens is 458 g/mol. The molecule has 1 aromatic carbocycles. The van der Waals surface area contributed by atoms with Gasteiger partial charge in [-0.25, -0.2) is 4.98 Å². The van der Waals surface area contributed by atoms with Gasteiger partial charge in [-0.05, 0) is 43.7 Å².